The summed E-state index contributed by atoms with van der Waals surface area (Å²) in [4.78, 5) is 12.6. The fourth-order valence-corrected chi connectivity index (χ4v) is 6.42. The predicted octanol–water partition coefficient (Wildman–Crippen LogP) is 3.93. The molecule has 2 atom stereocenters. The topological polar surface area (TPSA) is 106 Å². The lowest BCUT2D eigenvalue weighted by Gasteiger charge is -2.35. The molecule has 1 N–H and O–H groups in total. The third-order valence-corrected chi connectivity index (χ3v) is 8.36. The first-order valence-corrected chi connectivity index (χ1v) is 15.3. The molecule has 0 amide bonds. The monoisotopic (exact) mass is 585 g/mol. The van der Waals surface area contributed by atoms with Crippen molar-refractivity contribution in [1.82, 2.24) is 14.9 Å². The van der Waals surface area contributed by atoms with Gasteiger partial charge in [-0.1, -0.05) is 12.1 Å². The van der Waals surface area contributed by atoms with Crippen molar-refractivity contribution in [1.29, 1.82) is 0 Å². The van der Waals surface area contributed by atoms with Crippen LogP contribution in [0.25, 0.3) is 11.1 Å². The van der Waals surface area contributed by atoms with Crippen molar-refractivity contribution in [2.45, 2.75) is 44.4 Å². The summed E-state index contributed by atoms with van der Waals surface area (Å²) in [6.45, 7) is 10.6. The maximum atomic E-state index is 15.3. The first kappa shape index (κ1) is 29.2. The number of pyridine rings is 2. The normalized spacial score (nSPS) is 20.1. The number of rotatable bonds is 9. The van der Waals surface area contributed by atoms with Gasteiger partial charge in [0.1, 0.15) is 5.82 Å². The summed E-state index contributed by atoms with van der Waals surface area (Å²) in [6, 6.07) is 8.23. The van der Waals surface area contributed by atoms with E-state index in [2.05, 4.69) is 19.6 Å². The van der Waals surface area contributed by atoms with E-state index in [0.717, 1.165) is 18.7 Å². The number of morpholine rings is 2. The zero-order chi connectivity index (χ0) is 29.0. The summed E-state index contributed by atoms with van der Waals surface area (Å²) < 4.78 is 61.7. The first-order chi connectivity index (χ1) is 19.7. The van der Waals surface area contributed by atoms with Gasteiger partial charge in [-0.3, -0.25) is 14.6 Å². The Hall–Kier alpha value is -3.32. The van der Waals surface area contributed by atoms with Crippen molar-refractivity contribution >= 4 is 21.4 Å². The van der Waals surface area contributed by atoms with Crippen LogP contribution in [0.4, 0.5) is 15.8 Å². The van der Waals surface area contributed by atoms with Crippen molar-refractivity contribution in [2.24, 2.45) is 0 Å². The minimum atomic E-state index is -4.11. The molecule has 2 aromatic heterocycles. The van der Waals surface area contributed by atoms with E-state index >= 15 is 4.39 Å². The van der Waals surface area contributed by atoms with Crippen LogP contribution >= 0.6 is 0 Å². The summed E-state index contributed by atoms with van der Waals surface area (Å²) in [6.07, 6.45) is 4.75. The molecule has 12 heteroatoms. The molecular weight excluding hydrogens is 549 g/mol. The number of ether oxygens (including phenoxy) is 3. The maximum Gasteiger partial charge on any atom is 0.267 e. The number of nitrogens with zero attached hydrogens (tertiary/aromatic N) is 4. The SMILES string of the molecule is CCOc1ncc(N2CCOCC2)cc1S(=O)(=O)Nc1cncc(-c2ccc(CN3C[C@@H](C)O[C@@H](C)C3)cc2F)c1. The molecule has 0 radical (unpaired) electrons. The zero-order valence-electron chi connectivity index (χ0n) is 23.5. The predicted molar refractivity (Wildman–Crippen MR) is 154 cm³/mol. The Morgan fingerprint density at radius 2 is 1.83 bits per heavy atom. The average Bonchev–Trinajstić information content (AvgIpc) is 2.93. The summed E-state index contributed by atoms with van der Waals surface area (Å²) in [7, 11) is -4.11. The van der Waals surface area contributed by atoms with Crippen LogP contribution in [0, 0.1) is 5.82 Å². The van der Waals surface area contributed by atoms with Crippen molar-refractivity contribution in [3.05, 3.63) is 60.3 Å². The number of sulfonamides is 1. The standard InChI is InChI=1S/C29H36FN5O5S/c1-4-39-29-28(13-25(16-32-29)35-7-9-38-10-8-35)41(36,37)33-24-12-23(14-31-15-24)26-6-5-22(11-27(26)30)19-34-17-20(2)40-21(3)18-34/h5-6,11-16,20-21,33H,4,7-10,17-19H2,1-3H3/t20-,21+. The van der Waals surface area contributed by atoms with E-state index in [1.54, 1.807) is 31.3 Å². The van der Waals surface area contributed by atoms with Crippen LogP contribution in [0.1, 0.15) is 26.3 Å². The zero-order valence-corrected chi connectivity index (χ0v) is 24.4. The van der Waals surface area contributed by atoms with Crippen LogP contribution in [0.3, 0.4) is 0 Å². The minimum Gasteiger partial charge on any atom is -0.477 e. The van der Waals surface area contributed by atoms with Crippen molar-refractivity contribution in [3.63, 3.8) is 0 Å². The Bertz CT molecular complexity index is 1460. The van der Waals surface area contributed by atoms with Gasteiger partial charge in [0.05, 0.1) is 55.8 Å². The number of hydrogen-bond acceptors (Lipinski definition) is 9. The number of nitrogens with one attached hydrogen (secondary N) is 1. The highest BCUT2D eigenvalue weighted by atomic mass is 32.2. The number of aromatic nitrogens is 2. The lowest BCUT2D eigenvalue weighted by atomic mass is 10.0. The molecule has 3 aromatic rings. The molecule has 0 aliphatic carbocycles. The number of hydrogen-bond donors (Lipinski definition) is 1. The number of anilines is 2. The Kier molecular flexibility index (Phi) is 9.03. The highest BCUT2D eigenvalue weighted by Crippen LogP contribution is 2.31. The van der Waals surface area contributed by atoms with E-state index in [9.17, 15) is 8.42 Å². The summed E-state index contributed by atoms with van der Waals surface area (Å²) >= 11 is 0. The van der Waals surface area contributed by atoms with Gasteiger partial charge in [0.2, 0.25) is 5.88 Å². The quantitative estimate of drug-likeness (QED) is 0.400. The second-order valence-electron chi connectivity index (χ2n) is 10.4. The van der Waals surface area contributed by atoms with Gasteiger partial charge in [0.15, 0.2) is 4.90 Å². The molecule has 2 fully saturated rings. The summed E-state index contributed by atoms with van der Waals surface area (Å²) in [5.41, 5.74) is 2.49. The van der Waals surface area contributed by atoms with Crippen LogP contribution in [-0.4, -0.2) is 81.5 Å². The van der Waals surface area contributed by atoms with Crippen LogP contribution in [0.2, 0.25) is 0 Å². The van der Waals surface area contributed by atoms with E-state index in [1.807, 2.05) is 24.8 Å². The minimum absolute atomic E-state index is 0.00631. The molecule has 220 valence electrons. The molecule has 4 heterocycles. The fraction of sp³-hybridized carbons (Fsp3) is 0.448. The van der Waals surface area contributed by atoms with Crippen LogP contribution in [-0.2, 0) is 26.0 Å². The molecule has 5 rings (SSSR count). The number of halogens is 1. The molecule has 0 saturated carbocycles. The molecule has 2 saturated heterocycles. The second kappa shape index (κ2) is 12.7. The largest absolute Gasteiger partial charge is 0.477 e. The van der Waals surface area contributed by atoms with Gasteiger partial charge < -0.3 is 19.1 Å². The highest BCUT2D eigenvalue weighted by molar-refractivity contribution is 7.92. The van der Waals surface area contributed by atoms with Crippen LogP contribution in [0.5, 0.6) is 5.88 Å². The summed E-state index contributed by atoms with van der Waals surface area (Å²) in [5.74, 6) is -0.397. The maximum absolute atomic E-state index is 15.3. The molecule has 2 aliphatic heterocycles. The fourth-order valence-electron chi connectivity index (χ4n) is 5.27. The van der Waals surface area contributed by atoms with E-state index in [4.69, 9.17) is 14.2 Å². The average molecular weight is 586 g/mol. The smallest absolute Gasteiger partial charge is 0.267 e. The van der Waals surface area contributed by atoms with E-state index in [1.165, 1.54) is 18.5 Å². The van der Waals surface area contributed by atoms with Gasteiger partial charge in [0, 0.05) is 50.0 Å². The van der Waals surface area contributed by atoms with Gasteiger partial charge in [-0.15, -0.1) is 0 Å². The first-order valence-electron chi connectivity index (χ1n) is 13.8. The molecule has 0 bridgehead atoms. The molecule has 0 unspecified atom stereocenters. The molecular formula is C29H36FN5O5S. The van der Waals surface area contributed by atoms with Gasteiger partial charge in [-0.2, -0.15) is 0 Å². The van der Waals surface area contributed by atoms with Crippen molar-refractivity contribution in [2.75, 3.05) is 55.6 Å². The lowest BCUT2D eigenvalue weighted by Crippen LogP contribution is -2.44. The third kappa shape index (κ3) is 7.13. The molecule has 1 aromatic carbocycles. The molecule has 0 spiro atoms. The van der Waals surface area contributed by atoms with Crippen LogP contribution < -0.4 is 14.4 Å². The lowest BCUT2D eigenvalue weighted by molar-refractivity contribution is -0.0705. The van der Waals surface area contributed by atoms with Gasteiger partial charge in [-0.05, 0) is 44.5 Å². The van der Waals surface area contributed by atoms with E-state index in [0.29, 0.717) is 49.7 Å². The molecule has 10 nitrogen and oxygen atoms in total. The van der Waals surface area contributed by atoms with Crippen LogP contribution in [0.15, 0.2) is 53.8 Å². The van der Waals surface area contributed by atoms with Gasteiger partial charge in [0.25, 0.3) is 10.0 Å². The summed E-state index contributed by atoms with van der Waals surface area (Å²) in [5, 5.41) is 0. The van der Waals surface area contributed by atoms with E-state index in [-0.39, 0.29) is 35.3 Å². The van der Waals surface area contributed by atoms with Gasteiger partial charge in [-0.25, -0.2) is 17.8 Å². The molecule has 2 aliphatic rings. The highest BCUT2D eigenvalue weighted by Gasteiger charge is 2.25. The Balaban J connectivity index is 1.36. The van der Waals surface area contributed by atoms with Crippen molar-refractivity contribution in [3.8, 4) is 17.0 Å². The van der Waals surface area contributed by atoms with Gasteiger partial charge >= 0.3 is 0 Å². The molecule has 41 heavy (non-hydrogen) atoms. The van der Waals surface area contributed by atoms with E-state index < -0.39 is 15.8 Å². The second-order valence-corrected chi connectivity index (χ2v) is 12.0. The number of benzene rings is 1. The van der Waals surface area contributed by atoms with Crippen molar-refractivity contribution < 1.29 is 27.0 Å². The Labute approximate surface area is 240 Å². The third-order valence-electron chi connectivity index (χ3n) is 6.99. The Morgan fingerprint density at radius 3 is 2.54 bits per heavy atom. The Morgan fingerprint density at radius 1 is 1.07 bits per heavy atom.